The van der Waals surface area contributed by atoms with Crippen LogP contribution in [0, 0.1) is 5.82 Å². The molecule has 1 amide bonds. The summed E-state index contributed by atoms with van der Waals surface area (Å²) in [7, 11) is 0. The highest BCUT2D eigenvalue weighted by molar-refractivity contribution is 6.30. The third-order valence-electron chi connectivity index (χ3n) is 4.50. The van der Waals surface area contributed by atoms with Crippen LogP contribution in [0.4, 0.5) is 4.39 Å². The average Bonchev–Trinajstić information content (AvgIpc) is 3.12. The summed E-state index contributed by atoms with van der Waals surface area (Å²) < 4.78 is 20.3. The van der Waals surface area contributed by atoms with Gasteiger partial charge in [0.05, 0.1) is 5.69 Å². The molecule has 0 spiro atoms. The Kier molecular flexibility index (Phi) is 5.63. The number of hydrogen-bond donors (Lipinski definition) is 1. The Morgan fingerprint density at radius 1 is 1.20 bits per heavy atom. The van der Waals surface area contributed by atoms with Crippen LogP contribution < -0.4 is 10.1 Å². The minimum atomic E-state index is -0.332. The van der Waals surface area contributed by atoms with Gasteiger partial charge in [0.1, 0.15) is 22.9 Å². The number of aromatic nitrogens is 3. The lowest BCUT2D eigenvalue weighted by Crippen LogP contribution is -2.25. The first-order chi connectivity index (χ1) is 14.5. The molecule has 0 aliphatic rings. The first kappa shape index (κ1) is 19.8. The second kappa shape index (κ2) is 8.51. The second-order valence-corrected chi connectivity index (χ2v) is 7.01. The van der Waals surface area contributed by atoms with E-state index in [1.54, 1.807) is 41.1 Å². The fourth-order valence-electron chi connectivity index (χ4n) is 3.02. The number of nitrogens with zero attached hydrogens (tertiary/aromatic N) is 3. The van der Waals surface area contributed by atoms with E-state index in [4.69, 9.17) is 16.3 Å². The Balaban J connectivity index is 1.44. The minimum absolute atomic E-state index is 0.228. The van der Waals surface area contributed by atoms with Gasteiger partial charge in [-0.3, -0.25) is 9.20 Å². The van der Waals surface area contributed by atoms with Gasteiger partial charge in [-0.15, -0.1) is 0 Å². The zero-order valence-electron chi connectivity index (χ0n) is 16.1. The van der Waals surface area contributed by atoms with Gasteiger partial charge in [-0.1, -0.05) is 24.6 Å². The predicted molar refractivity (Wildman–Crippen MR) is 111 cm³/mol. The van der Waals surface area contributed by atoms with Crippen molar-refractivity contribution >= 4 is 23.2 Å². The monoisotopic (exact) mass is 424 g/mol. The summed E-state index contributed by atoms with van der Waals surface area (Å²) in [6.07, 6.45) is 3.98. The number of benzene rings is 1. The van der Waals surface area contributed by atoms with Crippen molar-refractivity contribution in [2.45, 2.75) is 19.9 Å². The lowest BCUT2D eigenvalue weighted by molar-refractivity contribution is 0.0944. The first-order valence-electron chi connectivity index (χ1n) is 9.36. The maximum absolute atomic E-state index is 13.0. The molecule has 0 aliphatic carbocycles. The SMILES string of the molecule is CCc1nc2cc(Cl)ccn2c1C(=O)NCc1ccc(Oc2ccc(F)cc2)nc1. The first-order valence-corrected chi connectivity index (χ1v) is 9.74. The fraction of sp³-hybridized carbons (Fsp3) is 0.136. The van der Waals surface area contributed by atoms with Crippen molar-refractivity contribution in [1.29, 1.82) is 0 Å². The summed E-state index contributed by atoms with van der Waals surface area (Å²) in [6.45, 7) is 2.25. The van der Waals surface area contributed by atoms with Gasteiger partial charge in [-0.05, 0) is 42.3 Å². The summed E-state index contributed by atoms with van der Waals surface area (Å²) >= 11 is 6.03. The molecule has 0 saturated heterocycles. The van der Waals surface area contributed by atoms with Gasteiger partial charge >= 0.3 is 0 Å². The molecule has 0 fully saturated rings. The summed E-state index contributed by atoms with van der Waals surface area (Å²) in [5.41, 5.74) is 2.64. The van der Waals surface area contributed by atoms with Crippen LogP contribution in [0.3, 0.4) is 0 Å². The number of aryl methyl sites for hydroxylation is 1. The van der Waals surface area contributed by atoms with Gasteiger partial charge in [0.25, 0.3) is 5.91 Å². The highest BCUT2D eigenvalue weighted by Crippen LogP contribution is 2.20. The Bertz CT molecular complexity index is 1190. The van der Waals surface area contributed by atoms with E-state index < -0.39 is 0 Å². The molecule has 0 unspecified atom stereocenters. The summed E-state index contributed by atoms with van der Waals surface area (Å²) in [5, 5.41) is 3.47. The van der Waals surface area contributed by atoms with Crippen molar-refractivity contribution in [3.63, 3.8) is 0 Å². The number of carbonyl (C=O) groups is 1. The maximum Gasteiger partial charge on any atom is 0.270 e. The van der Waals surface area contributed by atoms with Gasteiger partial charge in [-0.25, -0.2) is 14.4 Å². The van der Waals surface area contributed by atoms with Crippen molar-refractivity contribution in [2.75, 3.05) is 0 Å². The number of fused-ring (bicyclic) bond motifs is 1. The third kappa shape index (κ3) is 4.26. The number of amides is 1. The largest absolute Gasteiger partial charge is 0.439 e. The second-order valence-electron chi connectivity index (χ2n) is 6.58. The highest BCUT2D eigenvalue weighted by Gasteiger charge is 2.18. The van der Waals surface area contributed by atoms with E-state index in [1.165, 1.54) is 24.3 Å². The lowest BCUT2D eigenvalue weighted by Gasteiger charge is -2.08. The van der Waals surface area contributed by atoms with E-state index in [1.807, 2.05) is 6.92 Å². The molecule has 8 heteroatoms. The number of halogens is 2. The molecule has 3 heterocycles. The van der Waals surface area contributed by atoms with E-state index in [2.05, 4.69) is 15.3 Å². The quantitative estimate of drug-likeness (QED) is 0.482. The summed E-state index contributed by atoms with van der Waals surface area (Å²) in [4.78, 5) is 21.5. The average molecular weight is 425 g/mol. The van der Waals surface area contributed by atoms with E-state index in [0.717, 1.165) is 5.56 Å². The smallest absolute Gasteiger partial charge is 0.270 e. The van der Waals surface area contributed by atoms with Gasteiger partial charge in [0, 0.05) is 36.1 Å². The maximum atomic E-state index is 13.0. The molecule has 1 aromatic carbocycles. The number of pyridine rings is 2. The predicted octanol–water partition coefficient (Wildman–Crippen LogP) is 4.81. The number of rotatable bonds is 6. The standard InChI is InChI=1S/C22H18ClFN4O2/c1-2-18-21(28-10-9-15(23)11-19(28)27-18)22(29)26-13-14-3-8-20(25-12-14)30-17-6-4-16(24)5-7-17/h3-12H,2,13H2,1H3,(H,26,29). The van der Waals surface area contributed by atoms with Crippen molar-refractivity contribution in [1.82, 2.24) is 19.7 Å². The van der Waals surface area contributed by atoms with Gasteiger partial charge in [-0.2, -0.15) is 0 Å². The highest BCUT2D eigenvalue weighted by atomic mass is 35.5. The van der Waals surface area contributed by atoms with E-state index in [-0.39, 0.29) is 11.7 Å². The Morgan fingerprint density at radius 3 is 2.70 bits per heavy atom. The number of carbonyl (C=O) groups excluding carboxylic acids is 1. The summed E-state index contributed by atoms with van der Waals surface area (Å²) in [5.74, 6) is 0.309. The molecule has 1 N–H and O–H groups in total. The number of imidazole rings is 1. The van der Waals surface area contributed by atoms with Gasteiger partial charge in [0.2, 0.25) is 5.88 Å². The number of hydrogen-bond acceptors (Lipinski definition) is 4. The zero-order chi connectivity index (χ0) is 21.1. The van der Waals surface area contributed by atoms with Gasteiger partial charge in [0.15, 0.2) is 0 Å². The Hall–Kier alpha value is -3.45. The molecule has 4 rings (SSSR count). The molecule has 0 atom stereocenters. The molecule has 0 aliphatic heterocycles. The van der Waals surface area contributed by atoms with E-state index in [9.17, 15) is 9.18 Å². The molecule has 4 aromatic rings. The van der Waals surface area contributed by atoms with Crippen molar-refractivity contribution < 1.29 is 13.9 Å². The van der Waals surface area contributed by atoms with Crippen LogP contribution in [0.2, 0.25) is 5.02 Å². The van der Waals surface area contributed by atoms with Crippen LogP contribution in [0.5, 0.6) is 11.6 Å². The van der Waals surface area contributed by atoms with E-state index in [0.29, 0.717) is 46.7 Å². The van der Waals surface area contributed by atoms with Crippen LogP contribution in [0.15, 0.2) is 60.9 Å². The zero-order valence-corrected chi connectivity index (χ0v) is 16.9. The lowest BCUT2D eigenvalue weighted by atomic mass is 10.2. The van der Waals surface area contributed by atoms with Gasteiger partial charge < -0.3 is 10.1 Å². The normalized spacial score (nSPS) is 10.9. The number of ether oxygens (including phenoxy) is 1. The minimum Gasteiger partial charge on any atom is -0.439 e. The van der Waals surface area contributed by atoms with Crippen molar-refractivity contribution in [2.24, 2.45) is 0 Å². The molecular weight excluding hydrogens is 407 g/mol. The van der Waals surface area contributed by atoms with Crippen molar-refractivity contribution in [3.8, 4) is 11.6 Å². The van der Waals surface area contributed by atoms with Crippen LogP contribution in [-0.4, -0.2) is 20.3 Å². The van der Waals surface area contributed by atoms with E-state index >= 15 is 0 Å². The third-order valence-corrected chi connectivity index (χ3v) is 4.73. The molecule has 0 radical (unpaired) electrons. The molecule has 0 bridgehead atoms. The van der Waals surface area contributed by atoms with Crippen LogP contribution in [-0.2, 0) is 13.0 Å². The number of nitrogens with one attached hydrogen (secondary N) is 1. The Labute approximate surface area is 177 Å². The molecular formula is C22H18ClFN4O2. The van der Waals surface area contributed by atoms with Crippen molar-refractivity contribution in [3.05, 3.63) is 88.7 Å². The molecule has 6 nitrogen and oxygen atoms in total. The fourth-order valence-corrected chi connectivity index (χ4v) is 3.17. The van der Waals surface area contributed by atoms with Crippen LogP contribution in [0.1, 0.15) is 28.7 Å². The molecule has 152 valence electrons. The Morgan fingerprint density at radius 2 is 2.00 bits per heavy atom. The molecule has 30 heavy (non-hydrogen) atoms. The topological polar surface area (TPSA) is 68.5 Å². The molecule has 3 aromatic heterocycles. The van der Waals surface area contributed by atoms with Crippen LogP contribution >= 0.6 is 11.6 Å². The molecule has 0 saturated carbocycles. The van der Waals surface area contributed by atoms with Crippen LogP contribution in [0.25, 0.3) is 5.65 Å². The summed E-state index contributed by atoms with van der Waals surface area (Å²) in [6, 6.07) is 12.6.